The maximum absolute atomic E-state index is 4.38. The van der Waals surface area contributed by atoms with Crippen molar-refractivity contribution in [2.24, 2.45) is 0 Å². The zero-order valence-corrected chi connectivity index (χ0v) is 15.3. The highest BCUT2D eigenvalue weighted by atomic mass is 31.1. The Morgan fingerprint density at radius 3 is 1.81 bits per heavy atom. The number of nitrogens with zero attached hydrogens (tertiary/aromatic N) is 3. The molecule has 4 aromatic rings. The minimum absolute atomic E-state index is 0.397. The number of rotatable bonds is 6. The lowest BCUT2D eigenvalue weighted by Gasteiger charge is -2.18. The van der Waals surface area contributed by atoms with Gasteiger partial charge in [-0.25, -0.2) is 4.68 Å². The first-order chi connectivity index (χ1) is 12.9. The monoisotopic (exact) mass is 357 g/mol. The number of benzene rings is 3. The molecule has 0 aliphatic carbocycles. The van der Waals surface area contributed by atoms with Crippen molar-refractivity contribution in [1.82, 2.24) is 15.0 Å². The minimum atomic E-state index is -0.397. The molecule has 4 rings (SSSR count). The molecular formula is C22H20N3P. The summed E-state index contributed by atoms with van der Waals surface area (Å²) < 4.78 is 1.85. The Morgan fingerprint density at radius 1 is 0.692 bits per heavy atom. The van der Waals surface area contributed by atoms with Crippen molar-refractivity contribution >= 4 is 18.5 Å². The fourth-order valence-corrected chi connectivity index (χ4v) is 5.30. The molecule has 0 aliphatic rings. The Bertz CT molecular complexity index is 897. The largest absolute Gasteiger partial charge is 0.220 e. The summed E-state index contributed by atoms with van der Waals surface area (Å²) in [6, 6.07) is 31.7. The molecule has 0 bridgehead atoms. The van der Waals surface area contributed by atoms with Crippen LogP contribution in [0.5, 0.6) is 0 Å². The molecule has 0 unspecified atom stereocenters. The third-order valence-corrected chi connectivity index (χ3v) is 6.80. The van der Waals surface area contributed by atoms with E-state index in [0.29, 0.717) is 0 Å². The van der Waals surface area contributed by atoms with Crippen molar-refractivity contribution in [2.75, 3.05) is 6.16 Å². The van der Waals surface area contributed by atoms with Crippen LogP contribution in [0.25, 0.3) is 5.69 Å². The standard InChI is InChI=1S/C22H20N3P/c1-4-10-20(11-5-1)25-18-19(23-24-25)16-17-26(21-12-6-2-7-13-21)22-14-8-3-9-15-22/h1-15,18H,16-17H2. The number of para-hydroxylation sites is 1. The summed E-state index contributed by atoms with van der Waals surface area (Å²) in [6.45, 7) is 0. The number of hydrogen-bond acceptors (Lipinski definition) is 2. The highest BCUT2D eigenvalue weighted by Crippen LogP contribution is 2.33. The Hall–Kier alpha value is -2.77. The molecule has 128 valence electrons. The maximum Gasteiger partial charge on any atom is 0.0835 e. The smallest absolute Gasteiger partial charge is 0.0835 e. The summed E-state index contributed by atoms with van der Waals surface area (Å²) in [6.07, 6.45) is 4.03. The fraction of sp³-hybridized carbons (Fsp3) is 0.0909. The van der Waals surface area contributed by atoms with Crippen LogP contribution >= 0.6 is 7.92 Å². The molecule has 4 heteroatoms. The summed E-state index contributed by atoms with van der Waals surface area (Å²) in [5.41, 5.74) is 2.08. The predicted molar refractivity (Wildman–Crippen MR) is 109 cm³/mol. The average molecular weight is 357 g/mol. The first-order valence-corrected chi connectivity index (χ1v) is 10.3. The van der Waals surface area contributed by atoms with Gasteiger partial charge < -0.3 is 0 Å². The van der Waals surface area contributed by atoms with Gasteiger partial charge in [-0.15, -0.1) is 5.10 Å². The highest BCUT2D eigenvalue weighted by Gasteiger charge is 2.14. The van der Waals surface area contributed by atoms with Gasteiger partial charge in [0.1, 0.15) is 0 Å². The van der Waals surface area contributed by atoms with Crippen LogP contribution in [0.1, 0.15) is 5.69 Å². The normalized spacial score (nSPS) is 11.0. The van der Waals surface area contributed by atoms with Crippen molar-refractivity contribution in [2.45, 2.75) is 6.42 Å². The van der Waals surface area contributed by atoms with Crippen LogP contribution in [0, 0.1) is 0 Å². The maximum atomic E-state index is 4.38. The van der Waals surface area contributed by atoms with Gasteiger partial charge in [0, 0.05) is 0 Å². The second-order valence-electron chi connectivity index (χ2n) is 6.06. The van der Waals surface area contributed by atoms with Crippen LogP contribution in [-0.4, -0.2) is 21.2 Å². The highest BCUT2D eigenvalue weighted by molar-refractivity contribution is 7.73. The number of aromatic nitrogens is 3. The first kappa shape index (κ1) is 16.7. The quantitative estimate of drug-likeness (QED) is 0.489. The van der Waals surface area contributed by atoms with Gasteiger partial charge >= 0.3 is 0 Å². The van der Waals surface area contributed by atoms with Crippen LogP contribution in [0.2, 0.25) is 0 Å². The van der Waals surface area contributed by atoms with Crippen molar-refractivity contribution in [1.29, 1.82) is 0 Å². The lowest BCUT2D eigenvalue weighted by atomic mass is 10.3. The van der Waals surface area contributed by atoms with Gasteiger partial charge in [-0.2, -0.15) is 0 Å². The van der Waals surface area contributed by atoms with Gasteiger partial charge in [0.25, 0.3) is 0 Å². The van der Waals surface area contributed by atoms with Crippen molar-refractivity contribution in [3.05, 3.63) is 103 Å². The Labute approximate surface area is 155 Å². The van der Waals surface area contributed by atoms with Gasteiger partial charge in [-0.3, -0.25) is 0 Å². The van der Waals surface area contributed by atoms with E-state index in [0.717, 1.165) is 24.0 Å². The lowest BCUT2D eigenvalue weighted by Crippen LogP contribution is -2.15. The lowest BCUT2D eigenvalue weighted by molar-refractivity contribution is 0.798. The summed E-state index contributed by atoms with van der Waals surface area (Å²) in [7, 11) is -0.397. The van der Waals surface area contributed by atoms with E-state index >= 15 is 0 Å². The molecule has 0 atom stereocenters. The Morgan fingerprint density at radius 2 is 1.23 bits per heavy atom. The van der Waals surface area contributed by atoms with Crippen LogP contribution in [0.3, 0.4) is 0 Å². The van der Waals surface area contributed by atoms with Gasteiger partial charge in [-0.1, -0.05) is 84.1 Å². The molecule has 3 nitrogen and oxygen atoms in total. The van der Waals surface area contributed by atoms with E-state index in [2.05, 4.69) is 71.0 Å². The van der Waals surface area contributed by atoms with Crippen molar-refractivity contribution < 1.29 is 0 Å². The second-order valence-corrected chi connectivity index (χ2v) is 8.40. The predicted octanol–water partition coefficient (Wildman–Crippen LogP) is 3.94. The van der Waals surface area contributed by atoms with E-state index in [1.54, 1.807) is 0 Å². The van der Waals surface area contributed by atoms with Crippen LogP contribution in [0.15, 0.2) is 97.2 Å². The molecule has 0 amide bonds. The van der Waals surface area contributed by atoms with Crippen molar-refractivity contribution in [3.8, 4) is 5.69 Å². The molecule has 1 heterocycles. The Balaban J connectivity index is 1.53. The fourth-order valence-electron chi connectivity index (χ4n) is 2.97. The molecule has 0 N–H and O–H groups in total. The molecule has 0 spiro atoms. The van der Waals surface area contributed by atoms with Crippen LogP contribution in [0.4, 0.5) is 0 Å². The second kappa shape index (κ2) is 8.07. The molecular weight excluding hydrogens is 337 g/mol. The van der Waals surface area contributed by atoms with Gasteiger partial charge in [0.15, 0.2) is 0 Å². The minimum Gasteiger partial charge on any atom is -0.220 e. The molecule has 0 aliphatic heterocycles. The molecule has 26 heavy (non-hydrogen) atoms. The zero-order chi connectivity index (χ0) is 17.6. The van der Waals surface area contributed by atoms with Gasteiger partial charge in [0.2, 0.25) is 0 Å². The summed E-state index contributed by atoms with van der Waals surface area (Å²) >= 11 is 0. The molecule has 0 saturated heterocycles. The van der Waals surface area contributed by atoms with Crippen LogP contribution < -0.4 is 10.6 Å². The SMILES string of the molecule is c1ccc(-n2cc(CCP(c3ccccc3)c3ccccc3)nn2)cc1. The van der Waals surface area contributed by atoms with Gasteiger partial charge in [0.05, 0.1) is 17.6 Å². The third-order valence-electron chi connectivity index (χ3n) is 4.29. The molecule has 1 aromatic heterocycles. The zero-order valence-electron chi connectivity index (χ0n) is 14.4. The Kier molecular flexibility index (Phi) is 5.18. The van der Waals surface area contributed by atoms with E-state index in [1.165, 1.54) is 10.6 Å². The van der Waals surface area contributed by atoms with E-state index < -0.39 is 7.92 Å². The number of aryl methyl sites for hydroxylation is 1. The number of hydrogen-bond donors (Lipinski definition) is 0. The molecule has 0 saturated carbocycles. The summed E-state index contributed by atoms with van der Waals surface area (Å²) in [5.74, 6) is 0. The van der Waals surface area contributed by atoms with Crippen LogP contribution in [-0.2, 0) is 6.42 Å². The molecule has 3 aromatic carbocycles. The average Bonchev–Trinajstić information content (AvgIpc) is 3.20. The van der Waals surface area contributed by atoms with Crippen molar-refractivity contribution in [3.63, 3.8) is 0 Å². The van der Waals surface area contributed by atoms with E-state index in [-0.39, 0.29) is 0 Å². The van der Waals surface area contributed by atoms with E-state index in [1.807, 2.05) is 41.2 Å². The first-order valence-electron chi connectivity index (χ1n) is 8.74. The summed E-state index contributed by atoms with van der Waals surface area (Å²) in [5, 5.41) is 11.5. The van der Waals surface area contributed by atoms with E-state index in [9.17, 15) is 0 Å². The van der Waals surface area contributed by atoms with Gasteiger partial charge in [-0.05, 0) is 43.2 Å². The topological polar surface area (TPSA) is 30.7 Å². The summed E-state index contributed by atoms with van der Waals surface area (Å²) in [4.78, 5) is 0. The third kappa shape index (κ3) is 3.89. The van der Waals surface area contributed by atoms with E-state index in [4.69, 9.17) is 0 Å². The molecule has 0 fully saturated rings. The molecule has 0 radical (unpaired) electrons.